The molecule has 0 radical (unpaired) electrons. The summed E-state index contributed by atoms with van der Waals surface area (Å²) in [7, 11) is 1.18. The second-order valence-electron chi connectivity index (χ2n) is 2.38. The Morgan fingerprint density at radius 2 is 2.23 bits per heavy atom. The Morgan fingerprint density at radius 1 is 1.54 bits per heavy atom. The van der Waals surface area contributed by atoms with E-state index in [0.29, 0.717) is 0 Å². The molecule has 1 aromatic carbocycles. The van der Waals surface area contributed by atoms with E-state index in [0.717, 1.165) is 6.07 Å². The minimum Gasteiger partial charge on any atom is -0.464 e. The van der Waals surface area contributed by atoms with Gasteiger partial charge in [0.15, 0.2) is 0 Å². The number of rotatable bonds is 2. The third-order valence-corrected chi connectivity index (χ3v) is 1.50. The smallest absolute Gasteiger partial charge is 0.356 e. The van der Waals surface area contributed by atoms with Crippen LogP contribution in [0.1, 0.15) is 5.56 Å². The second kappa shape index (κ2) is 3.80. The molecular weight excluding hydrogens is 173 g/mol. The molecule has 4 heteroatoms. The first-order chi connectivity index (χ1) is 6.15. The minimum atomic E-state index is -0.773. The molecule has 0 saturated carbocycles. The highest BCUT2D eigenvalue weighted by atomic mass is 19.1. The Kier molecular flexibility index (Phi) is 2.74. The molecule has 68 valence electrons. The fraction of sp³-hybridized carbons (Fsp3) is 0.111. The Balaban J connectivity index is 2.95. The molecule has 13 heavy (non-hydrogen) atoms. The molecule has 0 aliphatic heterocycles. The molecule has 0 heterocycles. The van der Waals surface area contributed by atoms with E-state index in [1.165, 1.54) is 25.3 Å². The number of hydrogen-bond acceptors (Lipinski definition) is 3. The Hall–Kier alpha value is -1.71. The van der Waals surface area contributed by atoms with Gasteiger partial charge in [-0.2, -0.15) is 0 Å². The molecule has 1 aromatic rings. The summed E-state index contributed by atoms with van der Waals surface area (Å²) in [6, 6.07) is 5.26. The molecule has 0 bridgehead atoms. The van der Waals surface area contributed by atoms with Crippen molar-refractivity contribution in [3.8, 4) is 0 Å². The number of carbonyl (C=O) groups excluding carboxylic acids is 1. The van der Waals surface area contributed by atoms with Crippen molar-refractivity contribution >= 4 is 11.7 Å². The average Bonchev–Trinajstić information content (AvgIpc) is 2.15. The summed E-state index contributed by atoms with van der Waals surface area (Å²) in [6.45, 7) is 0. The van der Waals surface area contributed by atoms with Crippen LogP contribution < -0.4 is 0 Å². The molecular formula is C9H8FNO2. The largest absolute Gasteiger partial charge is 0.464 e. The molecule has 0 atom stereocenters. The average molecular weight is 181 g/mol. The van der Waals surface area contributed by atoms with Crippen LogP contribution in [0.4, 0.5) is 4.39 Å². The number of ether oxygens (including phenoxy) is 1. The number of esters is 1. The molecule has 0 aromatic heterocycles. The lowest BCUT2D eigenvalue weighted by molar-refractivity contribution is -0.132. The van der Waals surface area contributed by atoms with Gasteiger partial charge in [0.2, 0.25) is 0 Å². The normalized spacial score (nSPS) is 9.38. The summed E-state index contributed by atoms with van der Waals surface area (Å²) in [6.07, 6.45) is 0. The number of methoxy groups -OCH3 is 1. The van der Waals surface area contributed by atoms with Crippen molar-refractivity contribution < 1.29 is 13.9 Å². The van der Waals surface area contributed by atoms with Crippen molar-refractivity contribution in [1.29, 1.82) is 5.41 Å². The number of halogens is 1. The first-order valence-electron chi connectivity index (χ1n) is 3.58. The maximum Gasteiger partial charge on any atom is 0.356 e. The Bertz CT molecular complexity index is 349. The van der Waals surface area contributed by atoms with Crippen LogP contribution in [0.3, 0.4) is 0 Å². The number of nitrogens with one attached hydrogen (secondary N) is 1. The van der Waals surface area contributed by atoms with E-state index in [2.05, 4.69) is 4.74 Å². The summed E-state index contributed by atoms with van der Waals surface area (Å²) in [4.78, 5) is 10.9. The quantitative estimate of drug-likeness (QED) is 0.553. The maximum absolute atomic E-state index is 12.6. The van der Waals surface area contributed by atoms with Crippen LogP contribution in [0.5, 0.6) is 0 Å². The van der Waals surface area contributed by atoms with Crippen LogP contribution in [0, 0.1) is 11.2 Å². The van der Waals surface area contributed by atoms with Gasteiger partial charge < -0.3 is 4.74 Å². The lowest BCUT2D eigenvalue weighted by atomic mass is 10.1. The topological polar surface area (TPSA) is 50.2 Å². The van der Waals surface area contributed by atoms with Gasteiger partial charge in [-0.05, 0) is 12.1 Å². The van der Waals surface area contributed by atoms with Crippen LogP contribution >= 0.6 is 0 Å². The first kappa shape index (κ1) is 9.38. The maximum atomic E-state index is 12.6. The van der Waals surface area contributed by atoms with Gasteiger partial charge in [-0.3, -0.25) is 5.41 Å². The Labute approximate surface area is 74.7 Å². The van der Waals surface area contributed by atoms with E-state index >= 15 is 0 Å². The van der Waals surface area contributed by atoms with Gasteiger partial charge in [0.1, 0.15) is 11.5 Å². The third kappa shape index (κ3) is 2.11. The van der Waals surface area contributed by atoms with Gasteiger partial charge in [-0.1, -0.05) is 12.1 Å². The van der Waals surface area contributed by atoms with Gasteiger partial charge in [0.05, 0.1) is 7.11 Å². The van der Waals surface area contributed by atoms with Crippen molar-refractivity contribution in [2.45, 2.75) is 0 Å². The lowest BCUT2D eigenvalue weighted by Crippen LogP contribution is -2.15. The highest BCUT2D eigenvalue weighted by Crippen LogP contribution is 2.04. The predicted octanol–water partition coefficient (Wildman–Crippen LogP) is 1.37. The molecule has 0 amide bonds. The van der Waals surface area contributed by atoms with E-state index in [1.807, 2.05) is 0 Å². The van der Waals surface area contributed by atoms with Crippen LogP contribution in [0.15, 0.2) is 24.3 Å². The van der Waals surface area contributed by atoms with Gasteiger partial charge in [0, 0.05) is 5.56 Å². The van der Waals surface area contributed by atoms with Crippen molar-refractivity contribution in [1.82, 2.24) is 0 Å². The van der Waals surface area contributed by atoms with E-state index in [-0.39, 0.29) is 11.3 Å². The van der Waals surface area contributed by atoms with Crippen molar-refractivity contribution in [3.05, 3.63) is 35.6 Å². The molecule has 0 aliphatic rings. The van der Waals surface area contributed by atoms with E-state index in [9.17, 15) is 9.18 Å². The van der Waals surface area contributed by atoms with Crippen molar-refractivity contribution in [2.24, 2.45) is 0 Å². The van der Waals surface area contributed by atoms with Gasteiger partial charge in [-0.25, -0.2) is 9.18 Å². The lowest BCUT2D eigenvalue weighted by Gasteiger charge is -2.00. The molecule has 1 rings (SSSR count). The summed E-state index contributed by atoms with van der Waals surface area (Å²) in [5, 5.41) is 7.29. The number of carbonyl (C=O) groups is 1. The summed E-state index contributed by atoms with van der Waals surface area (Å²) >= 11 is 0. The molecule has 0 unspecified atom stereocenters. The zero-order valence-electron chi connectivity index (χ0n) is 7.00. The van der Waals surface area contributed by atoms with Gasteiger partial charge in [0.25, 0.3) is 0 Å². The van der Waals surface area contributed by atoms with Crippen molar-refractivity contribution in [2.75, 3.05) is 7.11 Å². The van der Waals surface area contributed by atoms with Crippen LogP contribution in [0.25, 0.3) is 0 Å². The molecule has 0 aliphatic carbocycles. The van der Waals surface area contributed by atoms with Crippen LogP contribution in [-0.4, -0.2) is 18.8 Å². The van der Waals surface area contributed by atoms with Crippen LogP contribution in [-0.2, 0) is 9.53 Å². The summed E-state index contributed by atoms with van der Waals surface area (Å²) in [5.74, 6) is -1.25. The van der Waals surface area contributed by atoms with Gasteiger partial charge in [-0.15, -0.1) is 0 Å². The molecule has 3 nitrogen and oxygen atoms in total. The Morgan fingerprint density at radius 3 is 2.77 bits per heavy atom. The highest BCUT2D eigenvalue weighted by molar-refractivity contribution is 6.41. The van der Waals surface area contributed by atoms with E-state index < -0.39 is 11.8 Å². The van der Waals surface area contributed by atoms with Crippen LogP contribution in [0.2, 0.25) is 0 Å². The molecule has 1 N–H and O–H groups in total. The fourth-order valence-corrected chi connectivity index (χ4v) is 0.864. The molecule has 0 spiro atoms. The zero-order chi connectivity index (χ0) is 9.84. The first-order valence-corrected chi connectivity index (χ1v) is 3.58. The van der Waals surface area contributed by atoms with E-state index in [1.54, 1.807) is 0 Å². The summed E-state index contributed by atoms with van der Waals surface area (Å²) < 4.78 is 17.0. The second-order valence-corrected chi connectivity index (χ2v) is 2.38. The zero-order valence-corrected chi connectivity index (χ0v) is 7.00. The predicted molar refractivity (Wildman–Crippen MR) is 45.2 cm³/mol. The third-order valence-electron chi connectivity index (χ3n) is 1.50. The summed E-state index contributed by atoms with van der Waals surface area (Å²) in [5.41, 5.74) is -0.131. The number of benzene rings is 1. The van der Waals surface area contributed by atoms with Gasteiger partial charge >= 0.3 is 5.97 Å². The monoisotopic (exact) mass is 181 g/mol. The standard InChI is InChI=1S/C9H8FNO2/c1-13-9(12)8(11)6-3-2-4-7(10)5-6/h2-5,11H,1H3. The number of hydrogen-bond donors (Lipinski definition) is 1. The molecule has 0 saturated heterocycles. The molecule has 0 fully saturated rings. The SMILES string of the molecule is COC(=O)C(=N)c1cccc(F)c1. The fourth-order valence-electron chi connectivity index (χ4n) is 0.864. The highest BCUT2D eigenvalue weighted by Gasteiger charge is 2.11. The van der Waals surface area contributed by atoms with Crippen molar-refractivity contribution in [3.63, 3.8) is 0 Å². The minimum absolute atomic E-state index is 0.215. The van der Waals surface area contributed by atoms with E-state index in [4.69, 9.17) is 5.41 Å².